The minimum absolute atomic E-state index is 0.386. The quantitative estimate of drug-likeness (QED) is 0.670. The molecule has 0 unspecified atom stereocenters. The van der Waals surface area contributed by atoms with Crippen LogP contribution < -0.4 is 10.1 Å². The molecule has 7 heteroatoms. The van der Waals surface area contributed by atoms with Crippen LogP contribution in [-0.4, -0.2) is 22.0 Å². The number of aliphatic carboxylic acids is 1. The topological polar surface area (TPSA) is 88.5 Å². The highest BCUT2D eigenvalue weighted by Gasteiger charge is 2.12. The first-order valence-electron chi connectivity index (χ1n) is 7.82. The van der Waals surface area contributed by atoms with E-state index >= 15 is 0 Å². The number of aromatic nitrogens is 1. The fourth-order valence-corrected chi connectivity index (χ4v) is 3.22. The van der Waals surface area contributed by atoms with E-state index in [2.05, 4.69) is 10.3 Å². The summed E-state index contributed by atoms with van der Waals surface area (Å²) in [6.45, 7) is 2.34. The van der Waals surface area contributed by atoms with Crippen molar-refractivity contribution in [3.8, 4) is 16.3 Å². The van der Waals surface area contributed by atoms with Crippen LogP contribution in [0.2, 0.25) is 0 Å². The van der Waals surface area contributed by atoms with Crippen molar-refractivity contribution < 1.29 is 19.4 Å². The van der Waals surface area contributed by atoms with Crippen molar-refractivity contribution in [2.75, 3.05) is 5.32 Å². The van der Waals surface area contributed by atoms with Crippen molar-refractivity contribution in [3.05, 3.63) is 65.2 Å². The van der Waals surface area contributed by atoms with E-state index in [1.165, 1.54) is 0 Å². The van der Waals surface area contributed by atoms with Crippen LogP contribution in [0.25, 0.3) is 10.6 Å². The summed E-state index contributed by atoms with van der Waals surface area (Å²) in [6.07, 6.45) is 0. The van der Waals surface area contributed by atoms with Gasteiger partial charge in [-0.3, -0.25) is 4.79 Å². The second-order valence-electron chi connectivity index (χ2n) is 5.47. The van der Waals surface area contributed by atoms with Gasteiger partial charge in [-0.1, -0.05) is 30.3 Å². The summed E-state index contributed by atoms with van der Waals surface area (Å²) in [6, 6.07) is 16.5. The number of aryl methyl sites for hydroxylation is 1. The first-order chi connectivity index (χ1) is 12.5. The number of ether oxygens (including phenoxy) is 1. The molecule has 3 rings (SSSR count). The van der Waals surface area contributed by atoms with Gasteiger partial charge in [0.05, 0.1) is 10.6 Å². The fourth-order valence-electron chi connectivity index (χ4n) is 2.23. The van der Waals surface area contributed by atoms with Crippen molar-refractivity contribution in [2.45, 2.75) is 13.5 Å². The number of nitrogens with zero attached hydrogens (tertiary/aromatic N) is 1. The number of rotatable bonds is 5. The van der Waals surface area contributed by atoms with Crippen molar-refractivity contribution in [3.63, 3.8) is 0 Å². The number of carbonyl (C=O) groups excluding carboxylic acids is 1. The summed E-state index contributed by atoms with van der Waals surface area (Å²) in [5.41, 5.74) is 2.40. The summed E-state index contributed by atoms with van der Waals surface area (Å²) >= 11 is 1.59. The summed E-state index contributed by atoms with van der Waals surface area (Å²) in [4.78, 5) is 27.3. The molecule has 0 aliphatic carbocycles. The van der Waals surface area contributed by atoms with Gasteiger partial charge >= 0.3 is 11.9 Å². The van der Waals surface area contributed by atoms with Crippen molar-refractivity contribution in [1.29, 1.82) is 0 Å². The molecule has 1 aromatic heterocycles. The van der Waals surface area contributed by atoms with E-state index in [0.717, 1.165) is 21.1 Å². The molecular formula is C19H16N2O4S. The lowest BCUT2D eigenvalue weighted by Crippen LogP contribution is -2.21. The second kappa shape index (κ2) is 7.79. The molecule has 0 aliphatic rings. The van der Waals surface area contributed by atoms with Crippen LogP contribution in [0, 0.1) is 6.92 Å². The smallest absolute Gasteiger partial charge is 0.394 e. The Morgan fingerprint density at radius 3 is 2.46 bits per heavy atom. The Bertz CT molecular complexity index is 920. The van der Waals surface area contributed by atoms with Crippen LogP contribution in [0.4, 0.5) is 5.69 Å². The van der Waals surface area contributed by atoms with Crippen molar-refractivity contribution in [1.82, 2.24) is 4.98 Å². The monoisotopic (exact) mass is 368 g/mol. The van der Waals surface area contributed by atoms with E-state index < -0.39 is 11.9 Å². The molecule has 0 bridgehead atoms. The summed E-state index contributed by atoms with van der Waals surface area (Å²) in [5.74, 6) is -1.99. The standard InChI is InChI=1S/C19H16N2O4S/c1-12-16(26-18(20-12)13-5-3-2-4-6-13)11-25-15-9-7-14(8-10-15)21-17(22)19(23)24/h2-10H,11H2,1H3,(H,21,22)(H,23,24). The van der Waals surface area contributed by atoms with Gasteiger partial charge in [-0.25, -0.2) is 9.78 Å². The van der Waals surface area contributed by atoms with Crippen LogP contribution in [-0.2, 0) is 16.2 Å². The van der Waals surface area contributed by atoms with E-state index in [1.807, 2.05) is 37.3 Å². The third-order valence-corrected chi connectivity index (χ3v) is 4.77. The van der Waals surface area contributed by atoms with Gasteiger partial charge in [-0.2, -0.15) is 0 Å². The SMILES string of the molecule is Cc1nc(-c2ccccc2)sc1COc1ccc(NC(=O)C(=O)O)cc1. The van der Waals surface area contributed by atoms with Crippen LogP contribution >= 0.6 is 11.3 Å². The molecule has 2 aromatic carbocycles. The fraction of sp³-hybridized carbons (Fsp3) is 0.105. The Balaban J connectivity index is 1.63. The van der Waals surface area contributed by atoms with Crippen LogP contribution in [0.5, 0.6) is 5.75 Å². The van der Waals surface area contributed by atoms with E-state index in [1.54, 1.807) is 35.6 Å². The molecule has 3 aromatic rings. The summed E-state index contributed by atoms with van der Waals surface area (Å²) in [7, 11) is 0. The molecule has 0 fully saturated rings. The average molecular weight is 368 g/mol. The lowest BCUT2D eigenvalue weighted by Gasteiger charge is -2.07. The average Bonchev–Trinajstić information content (AvgIpc) is 3.02. The zero-order valence-electron chi connectivity index (χ0n) is 13.9. The molecule has 26 heavy (non-hydrogen) atoms. The highest BCUT2D eigenvalue weighted by molar-refractivity contribution is 7.15. The zero-order valence-corrected chi connectivity index (χ0v) is 14.7. The molecule has 0 radical (unpaired) electrons. The van der Waals surface area contributed by atoms with Crippen LogP contribution in [0.1, 0.15) is 10.6 Å². The Morgan fingerprint density at radius 1 is 1.12 bits per heavy atom. The predicted octanol–water partition coefficient (Wildman–Crippen LogP) is 3.72. The van der Waals surface area contributed by atoms with Gasteiger partial charge in [-0.15, -0.1) is 11.3 Å². The summed E-state index contributed by atoms with van der Waals surface area (Å²) < 4.78 is 5.77. The van der Waals surface area contributed by atoms with E-state index in [-0.39, 0.29) is 0 Å². The highest BCUT2D eigenvalue weighted by Crippen LogP contribution is 2.28. The molecule has 1 amide bonds. The molecule has 2 N–H and O–H groups in total. The molecule has 1 heterocycles. The second-order valence-corrected chi connectivity index (χ2v) is 6.55. The number of amides is 1. The Kier molecular flexibility index (Phi) is 5.28. The number of thiazole rings is 1. The van der Waals surface area contributed by atoms with Crippen LogP contribution in [0.15, 0.2) is 54.6 Å². The Labute approximate surface area is 154 Å². The third-order valence-electron chi connectivity index (χ3n) is 3.59. The van der Waals surface area contributed by atoms with E-state index in [9.17, 15) is 9.59 Å². The van der Waals surface area contributed by atoms with Gasteiger partial charge in [0.2, 0.25) is 0 Å². The predicted molar refractivity (Wildman–Crippen MR) is 99.3 cm³/mol. The number of carboxylic acids is 1. The first kappa shape index (κ1) is 17.6. The number of benzene rings is 2. The minimum Gasteiger partial charge on any atom is -0.488 e. The Hall–Kier alpha value is -3.19. The summed E-state index contributed by atoms with van der Waals surface area (Å²) in [5, 5.41) is 11.8. The lowest BCUT2D eigenvalue weighted by atomic mass is 10.2. The van der Waals surface area contributed by atoms with Gasteiger partial charge in [-0.05, 0) is 31.2 Å². The number of nitrogens with one attached hydrogen (secondary N) is 1. The number of carboxylic acid groups (broad SMARTS) is 1. The molecule has 132 valence electrons. The van der Waals surface area contributed by atoms with Crippen molar-refractivity contribution >= 4 is 28.9 Å². The normalized spacial score (nSPS) is 10.3. The molecular weight excluding hydrogens is 352 g/mol. The minimum atomic E-state index is -1.53. The number of hydrogen-bond donors (Lipinski definition) is 2. The van der Waals surface area contributed by atoms with Crippen molar-refractivity contribution in [2.24, 2.45) is 0 Å². The molecule has 0 spiro atoms. The molecule has 6 nitrogen and oxygen atoms in total. The van der Waals surface area contributed by atoms with Gasteiger partial charge in [0.1, 0.15) is 17.4 Å². The van der Waals surface area contributed by atoms with Gasteiger partial charge in [0.15, 0.2) is 0 Å². The maximum absolute atomic E-state index is 11.1. The largest absolute Gasteiger partial charge is 0.488 e. The maximum Gasteiger partial charge on any atom is 0.394 e. The highest BCUT2D eigenvalue weighted by atomic mass is 32.1. The Morgan fingerprint density at radius 2 is 1.81 bits per heavy atom. The van der Waals surface area contributed by atoms with E-state index in [0.29, 0.717) is 18.0 Å². The zero-order chi connectivity index (χ0) is 18.5. The third kappa shape index (κ3) is 4.25. The molecule has 0 saturated heterocycles. The van der Waals surface area contributed by atoms with Gasteiger partial charge < -0.3 is 15.2 Å². The number of hydrogen-bond acceptors (Lipinski definition) is 5. The molecule has 0 aliphatic heterocycles. The maximum atomic E-state index is 11.1. The lowest BCUT2D eigenvalue weighted by molar-refractivity contribution is -0.147. The number of carbonyl (C=O) groups is 2. The van der Waals surface area contributed by atoms with E-state index in [4.69, 9.17) is 9.84 Å². The first-order valence-corrected chi connectivity index (χ1v) is 8.63. The van der Waals surface area contributed by atoms with Gasteiger partial charge in [0, 0.05) is 11.3 Å². The van der Waals surface area contributed by atoms with Crippen LogP contribution in [0.3, 0.4) is 0 Å². The molecule has 0 atom stereocenters. The van der Waals surface area contributed by atoms with Gasteiger partial charge in [0.25, 0.3) is 0 Å². The molecule has 0 saturated carbocycles. The number of anilines is 1.